The van der Waals surface area contributed by atoms with E-state index in [-0.39, 0.29) is 28.4 Å². The molecule has 1 N–H and O–H groups in total. The number of para-hydroxylation sites is 1. The van der Waals surface area contributed by atoms with Crippen molar-refractivity contribution < 1.29 is 17.6 Å². The second-order valence-electron chi connectivity index (χ2n) is 7.22. The molecule has 1 aliphatic heterocycles. The first-order valence-corrected chi connectivity index (χ1v) is 10.9. The van der Waals surface area contributed by atoms with Crippen LogP contribution in [0, 0.1) is 0 Å². The molecule has 1 aliphatic rings. The number of amides is 1. The zero-order chi connectivity index (χ0) is 20.6. The van der Waals surface area contributed by atoms with E-state index in [1.54, 1.807) is 37.5 Å². The molecule has 1 amide bonds. The van der Waals surface area contributed by atoms with Crippen LogP contribution in [0.3, 0.4) is 0 Å². The Bertz CT molecular complexity index is 1140. The van der Waals surface area contributed by atoms with Crippen LogP contribution in [0.5, 0.6) is 0 Å². The van der Waals surface area contributed by atoms with Gasteiger partial charge in [-0.3, -0.25) is 9.10 Å². The summed E-state index contributed by atoms with van der Waals surface area (Å²) >= 11 is 0. The molecule has 150 valence electrons. The highest BCUT2D eigenvalue weighted by atomic mass is 32.2. The molecule has 0 fully saturated rings. The van der Waals surface area contributed by atoms with E-state index >= 15 is 0 Å². The molecule has 0 radical (unpaired) electrons. The molecule has 2 atom stereocenters. The average Bonchev–Trinajstić information content (AvgIpc) is 3.35. The van der Waals surface area contributed by atoms with Gasteiger partial charge >= 0.3 is 0 Å². The first-order chi connectivity index (χ1) is 13.9. The lowest BCUT2D eigenvalue weighted by atomic mass is 10.1. The minimum Gasteiger partial charge on any atom is -0.467 e. The molecular formula is C22H22N2O4S. The fraction of sp³-hybridized carbons (Fsp3) is 0.227. The highest BCUT2D eigenvalue weighted by molar-refractivity contribution is 7.92. The van der Waals surface area contributed by atoms with Crippen molar-refractivity contribution in [3.63, 3.8) is 0 Å². The summed E-state index contributed by atoms with van der Waals surface area (Å²) in [5, 5.41) is 2.83. The topological polar surface area (TPSA) is 79.6 Å². The number of furan rings is 1. The van der Waals surface area contributed by atoms with Crippen LogP contribution >= 0.6 is 0 Å². The van der Waals surface area contributed by atoms with Gasteiger partial charge in [0.15, 0.2) is 0 Å². The molecule has 0 saturated carbocycles. The molecule has 2 heterocycles. The van der Waals surface area contributed by atoms with Crippen molar-refractivity contribution in [3.05, 3.63) is 83.8 Å². The van der Waals surface area contributed by atoms with Crippen LogP contribution in [0.15, 0.2) is 76.2 Å². The van der Waals surface area contributed by atoms with Crippen molar-refractivity contribution in [1.82, 2.24) is 5.32 Å². The van der Waals surface area contributed by atoms with Gasteiger partial charge in [-0.2, -0.15) is 0 Å². The minimum absolute atomic E-state index is 0.0966. The summed E-state index contributed by atoms with van der Waals surface area (Å²) < 4.78 is 33.5. The standard InChI is InChI=1S/C22H22N2O4S/c1-15-13-17-7-3-4-10-20(17)24(15)29(26,27)19-9-5-8-18(14-19)22(25)23-16(2)21-11-6-12-28-21/h3-12,14-16H,13H2,1-2H3,(H,23,25)/t15-,16-/m1/s1. The zero-order valence-corrected chi connectivity index (χ0v) is 17.0. The number of benzene rings is 2. The lowest BCUT2D eigenvalue weighted by Gasteiger charge is -2.24. The Morgan fingerprint density at radius 2 is 1.93 bits per heavy atom. The number of carbonyl (C=O) groups is 1. The van der Waals surface area contributed by atoms with E-state index in [0.717, 1.165) is 5.56 Å². The van der Waals surface area contributed by atoms with Gasteiger partial charge in [0.1, 0.15) is 5.76 Å². The molecule has 7 heteroatoms. The van der Waals surface area contributed by atoms with Crippen molar-refractivity contribution in [2.75, 3.05) is 4.31 Å². The molecule has 3 aromatic rings. The second kappa shape index (κ2) is 7.40. The largest absolute Gasteiger partial charge is 0.467 e. The summed E-state index contributed by atoms with van der Waals surface area (Å²) in [7, 11) is -3.79. The van der Waals surface area contributed by atoms with Crippen molar-refractivity contribution in [1.29, 1.82) is 0 Å². The summed E-state index contributed by atoms with van der Waals surface area (Å²) in [6.07, 6.45) is 2.20. The molecule has 2 aromatic carbocycles. The Balaban J connectivity index is 1.62. The lowest BCUT2D eigenvalue weighted by molar-refractivity contribution is 0.0935. The first kappa shape index (κ1) is 19.3. The molecule has 29 heavy (non-hydrogen) atoms. The van der Waals surface area contributed by atoms with Crippen molar-refractivity contribution in [2.24, 2.45) is 0 Å². The highest BCUT2D eigenvalue weighted by Gasteiger charge is 2.36. The van der Waals surface area contributed by atoms with E-state index in [1.165, 1.54) is 16.4 Å². The van der Waals surface area contributed by atoms with Crippen LogP contribution < -0.4 is 9.62 Å². The van der Waals surface area contributed by atoms with E-state index in [9.17, 15) is 13.2 Å². The van der Waals surface area contributed by atoms with Crippen molar-refractivity contribution >= 4 is 21.6 Å². The van der Waals surface area contributed by atoms with Gasteiger partial charge in [-0.25, -0.2) is 8.42 Å². The Labute approximate surface area is 170 Å². The number of nitrogens with zero attached hydrogens (tertiary/aromatic N) is 1. The molecule has 4 rings (SSSR count). The van der Waals surface area contributed by atoms with Crippen LogP contribution in [0.2, 0.25) is 0 Å². The van der Waals surface area contributed by atoms with Crippen LogP contribution in [0.25, 0.3) is 0 Å². The van der Waals surface area contributed by atoms with Gasteiger partial charge in [0.2, 0.25) is 0 Å². The molecule has 0 unspecified atom stereocenters. The predicted octanol–water partition coefficient (Wildman–Crippen LogP) is 3.91. The number of fused-ring (bicyclic) bond motifs is 1. The van der Waals surface area contributed by atoms with E-state index in [1.807, 2.05) is 31.2 Å². The zero-order valence-electron chi connectivity index (χ0n) is 16.2. The van der Waals surface area contributed by atoms with Crippen molar-refractivity contribution in [2.45, 2.75) is 37.2 Å². The lowest BCUT2D eigenvalue weighted by Crippen LogP contribution is -2.36. The van der Waals surface area contributed by atoms with Crippen LogP contribution in [0.1, 0.15) is 41.6 Å². The normalized spacial score (nSPS) is 17.0. The summed E-state index contributed by atoms with van der Waals surface area (Å²) in [4.78, 5) is 12.7. The van der Waals surface area contributed by atoms with Gasteiger partial charge in [-0.15, -0.1) is 0 Å². The number of rotatable bonds is 5. The summed E-state index contributed by atoms with van der Waals surface area (Å²) in [6.45, 7) is 3.69. The Morgan fingerprint density at radius 1 is 1.14 bits per heavy atom. The quantitative estimate of drug-likeness (QED) is 0.692. The SMILES string of the molecule is C[C@@H]1Cc2ccccc2N1S(=O)(=O)c1cccc(C(=O)N[C@H](C)c2ccco2)c1. The fourth-order valence-electron chi connectivity index (χ4n) is 3.70. The summed E-state index contributed by atoms with van der Waals surface area (Å²) in [5.41, 5.74) is 1.98. The molecule has 0 spiro atoms. The summed E-state index contributed by atoms with van der Waals surface area (Å²) in [6, 6.07) is 16.7. The van der Waals surface area contributed by atoms with E-state index in [0.29, 0.717) is 17.9 Å². The number of carbonyl (C=O) groups excluding carboxylic acids is 1. The second-order valence-corrected chi connectivity index (χ2v) is 9.04. The molecule has 1 aromatic heterocycles. The molecule has 6 nitrogen and oxygen atoms in total. The maximum atomic E-state index is 13.4. The monoisotopic (exact) mass is 410 g/mol. The van der Waals surface area contributed by atoms with Gasteiger partial charge in [0, 0.05) is 11.6 Å². The average molecular weight is 410 g/mol. The van der Waals surface area contributed by atoms with Gasteiger partial charge in [-0.05, 0) is 62.2 Å². The van der Waals surface area contributed by atoms with E-state index in [2.05, 4.69) is 5.32 Å². The smallest absolute Gasteiger partial charge is 0.264 e. The number of hydrogen-bond acceptors (Lipinski definition) is 4. The predicted molar refractivity (Wildman–Crippen MR) is 110 cm³/mol. The molecule has 0 bridgehead atoms. The third-order valence-electron chi connectivity index (χ3n) is 5.12. The fourth-order valence-corrected chi connectivity index (χ4v) is 5.44. The maximum Gasteiger partial charge on any atom is 0.264 e. The van der Waals surface area contributed by atoms with Gasteiger partial charge in [0.25, 0.3) is 15.9 Å². The van der Waals surface area contributed by atoms with Gasteiger partial charge in [0.05, 0.1) is 22.9 Å². The highest BCUT2D eigenvalue weighted by Crippen LogP contribution is 2.36. The number of sulfonamides is 1. The first-order valence-electron chi connectivity index (χ1n) is 9.44. The Hall–Kier alpha value is -3.06. The Kier molecular flexibility index (Phi) is 4.92. The molecule has 0 aliphatic carbocycles. The maximum absolute atomic E-state index is 13.4. The van der Waals surface area contributed by atoms with Crippen LogP contribution in [-0.2, 0) is 16.4 Å². The number of nitrogens with one attached hydrogen (secondary N) is 1. The number of anilines is 1. The van der Waals surface area contributed by atoms with Crippen LogP contribution in [-0.4, -0.2) is 20.4 Å². The summed E-state index contributed by atoms with van der Waals surface area (Å²) in [5.74, 6) is 0.269. The third-order valence-corrected chi connectivity index (χ3v) is 7.04. The van der Waals surface area contributed by atoms with E-state index in [4.69, 9.17) is 4.42 Å². The number of hydrogen-bond donors (Lipinski definition) is 1. The molecule has 0 saturated heterocycles. The van der Waals surface area contributed by atoms with E-state index < -0.39 is 10.0 Å². The Morgan fingerprint density at radius 3 is 2.69 bits per heavy atom. The van der Waals surface area contributed by atoms with Gasteiger partial charge < -0.3 is 9.73 Å². The van der Waals surface area contributed by atoms with Crippen molar-refractivity contribution in [3.8, 4) is 0 Å². The van der Waals surface area contributed by atoms with Gasteiger partial charge in [-0.1, -0.05) is 24.3 Å². The minimum atomic E-state index is -3.79. The third kappa shape index (κ3) is 3.53. The molecular weight excluding hydrogens is 388 g/mol. The van der Waals surface area contributed by atoms with Crippen LogP contribution in [0.4, 0.5) is 5.69 Å².